The minimum Gasteiger partial charge on any atom is -0.382 e. The van der Waals surface area contributed by atoms with Crippen LogP contribution in [0, 0.1) is 0 Å². The van der Waals surface area contributed by atoms with Crippen molar-refractivity contribution < 1.29 is 4.79 Å². The summed E-state index contributed by atoms with van der Waals surface area (Å²) in [4.78, 5) is 19.2. The predicted molar refractivity (Wildman–Crippen MR) is 85.2 cm³/mol. The van der Waals surface area contributed by atoms with Crippen LogP contribution in [0.2, 0.25) is 0 Å². The Morgan fingerprint density at radius 1 is 1.14 bits per heavy atom. The maximum Gasteiger partial charge on any atom is 0.321 e. The van der Waals surface area contributed by atoms with E-state index in [1.54, 1.807) is 4.68 Å². The van der Waals surface area contributed by atoms with E-state index in [1.165, 1.54) is 0 Å². The highest BCUT2D eigenvalue weighted by molar-refractivity contribution is 5.77. The highest BCUT2D eigenvalue weighted by Gasteiger charge is 2.40. The number of anilines is 1. The second-order valence-corrected chi connectivity index (χ2v) is 6.75. The Kier molecular flexibility index (Phi) is 3.55. The third kappa shape index (κ3) is 2.15. The monoisotopic (exact) mass is 306 g/mol. The molecule has 3 rings (SSSR count). The molecular formula is C15H26N6O. The summed E-state index contributed by atoms with van der Waals surface area (Å²) in [7, 11) is 4.00. The summed E-state index contributed by atoms with van der Waals surface area (Å²) >= 11 is 0. The molecule has 3 heterocycles. The molecule has 1 fully saturated rings. The molecule has 1 aromatic rings. The van der Waals surface area contributed by atoms with Crippen LogP contribution in [0.4, 0.5) is 10.6 Å². The Labute approximate surface area is 131 Å². The van der Waals surface area contributed by atoms with Gasteiger partial charge in [0.1, 0.15) is 0 Å². The first kappa shape index (κ1) is 15.1. The number of rotatable bonds is 0. The zero-order chi connectivity index (χ0) is 16.2. The van der Waals surface area contributed by atoms with E-state index in [9.17, 15) is 4.79 Å². The molecule has 0 aliphatic carbocycles. The summed E-state index contributed by atoms with van der Waals surface area (Å²) in [5.41, 5.74) is 8.06. The van der Waals surface area contributed by atoms with Crippen LogP contribution in [-0.2, 0) is 13.6 Å². The maximum absolute atomic E-state index is 13.0. The number of aryl methyl sites for hydroxylation is 1. The SMILES string of the molecule is CC1c2c(N)nn(C)c2CN1C(=O)N1C[C@@H](C)N(C)C[C@@H]1C. The number of carbonyl (C=O) groups excluding carboxylic acids is 1. The molecule has 122 valence electrons. The molecule has 0 bridgehead atoms. The van der Waals surface area contributed by atoms with Crippen molar-refractivity contribution in [1.29, 1.82) is 0 Å². The number of amides is 2. The van der Waals surface area contributed by atoms with Crippen LogP contribution in [-0.4, -0.2) is 62.7 Å². The Bertz CT molecular complexity index is 597. The molecular weight excluding hydrogens is 280 g/mol. The van der Waals surface area contributed by atoms with E-state index in [1.807, 2.05) is 23.8 Å². The third-order valence-electron chi connectivity index (χ3n) is 5.23. The van der Waals surface area contributed by atoms with Gasteiger partial charge in [-0.3, -0.25) is 9.58 Å². The van der Waals surface area contributed by atoms with Crippen LogP contribution in [0.25, 0.3) is 0 Å². The van der Waals surface area contributed by atoms with Crippen molar-refractivity contribution in [2.24, 2.45) is 7.05 Å². The fourth-order valence-corrected chi connectivity index (χ4v) is 3.66. The van der Waals surface area contributed by atoms with E-state index in [0.717, 1.165) is 24.3 Å². The molecule has 2 aliphatic rings. The van der Waals surface area contributed by atoms with Crippen molar-refractivity contribution in [1.82, 2.24) is 24.5 Å². The zero-order valence-electron chi connectivity index (χ0n) is 14.1. The first-order valence-electron chi connectivity index (χ1n) is 7.90. The van der Waals surface area contributed by atoms with E-state index in [2.05, 4.69) is 30.9 Å². The summed E-state index contributed by atoms with van der Waals surface area (Å²) < 4.78 is 1.80. The van der Waals surface area contributed by atoms with Gasteiger partial charge in [-0.1, -0.05) is 0 Å². The smallest absolute Gasteiger partial charge is 0.321 e. The summed E-state index contributed by atoms with van der Waals surface area (Å²) in [6.07, 6.45) is 0. The molecule has 2 N–H and O–H groups in total. The van der Waals surface area contributed by atoms with Crippen molar-refractivity contribution in [2.45, 2.75) is 45.4 Å². The van der Waals surface area contributed by atoms with Gasteiger partial charge in [-0.25, -0.2) is 4.79 Å². The summed E-state index contributed by atoms with van der Waals surface area (Å²) in [6, 6.07) is 0.696. The summed E-state index contributed by atoms with van der Waals surface area (Å²) in [5.74, 6) is 0.542. The van der Waals surface area contributed by atoms with Gasteiger partial charge in [-0.2, -0.15) is 5.10 Å². The van der Waals surface area contributed by atoms with Crippen LogP contribution in [0.15, 0.2) is 0 Å². The second kappa shape index (κ2) is 5.15. The number of nitrogens with zero attached hydrogens (tertiary/aromatic N) is 5. The van der Waals surface area contributed by atoms with Gasteiger partial charge in [0.25, 0.3) is 0 Å². The fraction of sp³-hybridized carbons (Fsp3) is 0.733. The van der Waals surface area contributed by atoms with Gasteiger partial charge in [0.2, 0.25) is 0 Å². The largest absolute Gasteiger partial charge is 0.382 e. The van der Waals surface area contributed by atoms with Gasteiger partial charge in [0.05, 0.1) is 18.3 Å². The third-order valence-corrected chi connectivity index (χ3v) is 5.23. The Morgan fingerprint density at radius 3 is 2.45 bits per heavy atom. The zero-order valence-corrected chi connectivity index (χ0v) is 14.1. The minimum atomic E-state index is -0.0154. The summed E-state index contributed by atoms with van der Waals surface area (Å²) in [5, 5.41) is 4.26. The van der Waals surface area contributed by atoms with Crippen molar-refractivity contribution in [3.63, 3.8) is 0 Å². The number of urea groups is 1. The number of nitrogen functional groups attached to an aromatic ring is 1. The number of hydrogen-bond donors (Lipinski definition) is 1. The Morgan fingerprint density at radius 2 is 1.82 bits per heavy atom. The lowest BCUT2D eigenvalue weighted by atomic mass is 10.1. The second-order valence-electron chi connectivity index (χ2n) is 6.75. The number of fused-ring (bicyclic) bond motifs is 1. The van der Waals surface area contributed by atoms with Gasteiger partial charge in [-0.05, 0) is 27.8 Å². The molecule has 2 aliphatic heterocycles. The van der Waals surface area contributed by atoms with Crippen LogP contribution >= 0.6 is 0 Å². The number of piperazine rings is 1. The van der Waals surface area contributed by atoms with Crippen molar-refractivity contribution in [2.75, 3.05) is 25.9 Å². The van der Waals surface area contributed by atoms with Gasteiger partial charge in [0.15, 0.2) is 5.82 Å². The first-order chi connectivity index (χ1) is 10.3. The average molecular weight is 306 g/mol. The summed E-state index contributed by atoms with van der Waals surface area (Å²) in [6.45, 7) is 8.57. The number of carbonyl (C=O) groups is 1. The Hall–Kier alpha value is -1.76. The van der Waals surface area contributed by atoms with Gasteiger partial charge < -0.3 is 15.5 Å². The van der Waals surface area contributed by atoms with Crippen LogP contribution in [0.1, 0.15) is 38.1 Å². The number of aromatic nitrogens is 2. The van der Waals surface area contributed by atoms with Crippen LogP contribution < -0.4 is 5.73 Å². The lowest BCUT2D eigenvalue weighted by molar-refractivity contribution is 0.0584. The molecule has 3 atom stereocenters. The highest BCUT2D eigenvalue weighted by atomic mass is 16.2. The predicted octanol–water partition coefficient (Wildman–Crippen LogP) is 1.02. The fourth-order valence-electron chi connectivity index (χ4n) is 3.66. The molecule has 2 amide bonds. The van der Waals surface area contributed by atoms with E-state index in [0.29, 0.717) is 18.4 Å². The number of nitrogens with two attached hydrogens (primary N) is 1. The molecule has 1 unspecified atom stereocenters. The van der Waals surface area contributed by atoms with Crippen molar-refractivity contribution >= 4 is 11.8 Å². The maximum atomic E-state index is 13.0. The first-order valence-corrected chi connectivity index (χ1v) is 7.90. The number of likely N-dealkylation sites (N-methyl/N-ethyl adjacent to an activating group) is 1. The molecule has 7 heteroatoms. The van der Waals surface area contributed by atoms with Crippen molar-refractivity contribution in [3.8, 4) is 0 Å². The van der Waals surface area contributed by atoms with E-state index < -0.39 is 0 Å². The number of hydrogen-bond acceptors (Lipinski definition) is 4. The topological polar surface area (TPSA) is 70.6 Å². The van der Waals surface area contributed by atoms with E-state index >= 15 is 0 Å². The Balaban J connectivity index is 1.81. The molecule has 7 nitrogen and oxygen atoms in total. The van der Waals surface area contributed by atoms with Crippen molar-refractivity contribution in [3.05, 3.63) is 11.3 Å². The lowest BCUT2D eigenvalue weighted by Crippen LogP contribution is -2.59. The average Bonchev–Trinajstić information content (AvgIpc) is 2.93. The van der Waals surface area contributed by atoms with Gasteiger partial charge in [-0.15, -0.1) is 0 Å². The molecule has 0 aromatic carbocycles. The highest BCUT2D eigenvalue weighted by Crippen LogP contribution is 2.37. The molecule has 0 spiro atoms. The van der Waals surface area contributed by atoms with E-state index in [-0.39, 0.29) is 18.1 Å². The molecule has 1 saturated heterocycles. The molecule has 0 radical (unpaired) electrons. The minimum absolute atomic E-state index is 0.0154. The normalized spacial score (nSPS) is 29.0. The molecule has 22 heavy (non-hydrogen) atoms. The standard InChI is InChI=1S/C15H26N6O/c1-9-7-20(10(2)6-18(9)4)15(22)21-8-12-13(11(21)3)14(16)17-19(12)5/h9-11H,6-8H2,1-5H3,(H2,16,17)/t9-,10+,11?/m1/s1. The van der Waals surface area contributed by atoms with Gasteiger partial charge >= 0.3 is 6.03 Å². The molecule has 1 aromatic heterocycles. The van der Waals surface area contributed by atoms with Crippen LogP contribution in [0.5, 0.6) is 0 Å². The lowest BCUT2D eigenvalue weighted by Gasteiger charge is -2.44. The van der Waals surface area contributed by atoms with Gasteiger partial charge in [0, 0.05) is 37.8 Å². The molecule has 0 saturated carbocycles. The van der Waals surface area contributed by atoms with Crippen LogP contribution in [0.3, 0.4) is 0 Å². The van der Waals surface area contributed by atoms with E-state index in [4.69, 9.17) is 5.73 Å². The quantitative estimate of drug-likeness (QED) is 0.777.